The van der Waals surface area contributed by atoms with E-state index in [1.807, 2.05) is 11.8 Å². The fourth-order valence-electron chi connectivity index (χ4n) is 2.42. The third kappa shape index (κ3) is 4.89. The number of hydrogen-bond donors (Lipinski definition) is 0. The Bertz CT molecular complexity index is 545. The summed E-state index contributed by atoms with van der Waals surface area (Å²) in [6.45, 7) is 7.39. The highest BCUT2D eigenvalue weighted by atomic mass is 32.2. The summed E-state index contributed by atoms with van der Waals surface area (Å²) in [6, 6.07) is 21.2. The van der Waals surface area contributed by atoms with Crippen molar-refractivity contribution in [3.63, 3.8) is 0 Å². The third-order valence-electron chi connectivity index (χ3n) is 3.48. The van der Waals surface area contributed by atoms with E-state index in [1.165, 1.54) is 11.1 Å². The van der Waals surface area contributed by atoms with Crippen molar-refractivity contribution < 1.29 is 4.74 Å². The molecule has 2 rings (SSSR count). The molecule has 0 aromatic heterocycles. The molecule has 0 bridgehead atoms. The van der Waals surface area contributed by atoms with Crippen molar-refractivity contribution in [3.8, 4) is 0 Å². The van der Waals surface area contributed by atoms with Gasteiger partial charge in [0.1, 0.15) is 0 Å². The Morgan fingerprint density at radius 3 is 1.82 bits per heavy atom. The maximum Gasteiger partial charge on any atom is 0.0984 e. The quantitative estimate of drug-likeness (QED) is 0.657. The summed E-state index contributed by atoms with van der Waals surface area (Å²) < 4.78 is 6.38. The van der Waals surface area contributed by atoms with Gasteiger partial charge in [0.25, 0.3) is 0 Å². The van der Waals surface area contributed by atoms with Crippen LogP contribution in [0, 0.1) is 5.41 Å². The second-order valence-corrected chi connectivity index (χ2v) is 7.75. The summed E-state index contributed by atoms with van der Waals surface area (Å²) in [5.41, 5.74) is 2.72. The maximum atomic E-state index is 6.38. The number of hydrogen-bond acceptors (Lipinski definition) is 2. The van der Waals surface area contributed by atoms with Crippen LogP contribution in [0.5, 0.6) is 0 Å². The molecular formula is C20H26OS. The Morgan fingerprint density at radius 2 is 1.36 bits per heavy atom. The van der Waals surface area contributed by atoms with Gasteiger partial charge in [0, 0.05) is 0 Å². The molecule has 2 atom stereocenters. The van der Waals surface area contributed by atoms with E-state index in [1.54, 1.807) is 0 Å². The zero-order valence-corrected chi connectivity index (χ0v) is 14.8. The first kappa shape index (κ1) is 17.1. The average molecular weight is 314 g/mol. The van der Waals surface area contributed by atoms with Crippen molar-refractivity contribution >= 4 is 11.8 Å². The smallest absolute Gasteiger partial charge is 0.0984 e. The van der Waals surface area contributed by atoms with Gasteiger partial charge in [-0.25, -0.2) is 0 Å². The van der Waals surface area contributed by atoms with Crippen LogP contribution in [0.1, 0.15) is 43.3 Å². The van der Waals surface area contributed by atoms with E-state index >= 15 is 0 Å². The summed E-state index contributed by atoms with van der Waals surface area (Å²) in [4.78, 5) is 0. The van der Waals surface area contributed by atoms with E-state index in [-0.39, 0.29) is 11.5 Å². The highest BCUT2D eigenvalue weighted by molar-refractivity contribution is 7.98. The lowest BCUT2D eigenvalue weighted by Crippen LogP contribution is -2.20. The predicted octanol–water partition coefficient (Wildman–Crippen LogP) is 5.89. The van der Waals surface area contributed by atoms with Crippen molar-refractivity contribution in [2.45, 2.75) is 32.1 Å². The second-order valence-electron chi connectivity index (χ2n) is 6.77. The van der Waals surface area contributed by atoms with Gasteiger partial charge in [0.15, 0.2) is 0 Å². The Balaban J connectivity index is 2.30. The van der Waals surface area contributed by atoms with Gasteiger partial charge in [-0.05, 0) is 22.8 Å². The van der Waals surface area contributed by atoms with E-state index in [2.05, 4.69) is 87.7 Å². The molecule has 0 amide bonds. The van der Waals surface area contributed by atoms with Gasteiger partial charge in [-0.15, -0.1) is 0 Å². The van der Waals surface area contributed by atoms with Crippen molar-refractivity contribution in [3.05, 3.63) is 71.8 Å². The molecule has 118 valence electrons. The standard InChI is InChI=1S/C20H26OS/c1-20(2,3)15-21-18(16-11-7-5-8-12-16)19(22-4)17-13-9-6-10-14-17/h5-14,18-19H,15H2,1-4H3/t18-,19-/m1/s1. The molecule has 2 aromatic carbocycles. The molecule has 0 N–H and O–H groups in total. The number of benzene rings is 2. The lowest BCUT2D eigenvalue weighted by molar-refractivity contribution is 0.00612. The molecule has 0 fully saturated rings. The van der Waals surface area contributed by atoms with E-state index in [9.17, 15) is 0 Å². The predicted molar refractivity (Wildman–Crippen MR) is 97.3 cm³/mol. The normalized spacial score (nSPS) is 14.5. The molecule has 0 aliphatic rings. The first-order valence-electron chi connectivity index (χ1n) is 7.75. The minimum Gasteiger partial charge on any atom is -0.371 e. The summed E-state index contributed by atoms with van der Waals surface area (Å²) in [7, 11) is 0. The third-order valence-corrected chi connectivity index (χ3v) is 4.51. The summed E-state index contributed by atoms with van der Waals surface area (Å²) >= 11 is 1.85. The van der Waals surface area contributed by atoms with Crippen LogP contribution in [0.3, 0.4) is 0 Å². The van der Waals surface area contributed by atoms with Crippen LogP contribution < -0.4 is 0 Å². The summed E-state index contributed by atoms with van der Waals surface area (Å²) in [5.74, 6) is 0. The van der Waals surface area contributed by atoms with Crippen LogP contribution in [-0.4, -0.2) is 12.9 Å². The fraction of sp³-hybridized carbons (Fsp3) is 0.400. The summed E-state index contributed by atoms with van der Waals surface area (Å²) in [5, 5.41) is 0.297. The minimum absolute atomic E-state index is 0.0674. The molecule has 0 spiro atoms. The number of thioether (sulfide) groups is 1. The molecule has 1 nitrogen and oxygen atoms in total. The monoisotopic (exact) mass is 314 g/mol. The Kier molecular flexibility index (Phi) is 6.10. The fourth-order valence-corrected chi connectivity index (χ4v) is 3.33. The Hall–Kier alpha value is -1.25. The van der Waals surface area contributed by atoms with Crippen LogP contribution in [0.25, 0.3) is 0 Å². The highest BCUT2D eigenvalue weighted by Gasteiger charge is 2.26. The van der Waals surface area contributed by atoms with Gasteiger partial charge in [0.05, 0.1) is 18.0 Å². The van der Waals surface area contributed by atoms with E-state index in [0.717, 1.165) is 6.61 Å². The molecule has 22 heavy (non-hydrogen) atoms. The van der Waals surface area contributed by atoms with Gasteiger partial charge < -0.3 is 4.74 Å². The van der Waals surface area contributed by atoms with Gasteiger partial charge in [-0.3, -0.25) is 0 Å². The lowest BCUT2D eigenvalue weighted by atomic mass is 9.97. The summed E-state index contributed by atoms with van der Waals surface area (Å²) in [6.07, 6.45) is 2.23. The second kappa shape index (κ2) is 7.85. The largest absolute Gasteiger partial charge is 0.371 e. The first-order chi connectivity index (χ1) is 10.5. The van der Waals surface area contributed by atoms with Crippen LogP contribution >= 0.6 is 11.8 Å². The minimum atomic E-state index is 0.0674. The highest BCUT2D eigenvalue weighted by Crippen LogP contribution is 2.41. The van der Waals surface area contributed by atoms with Crippen LogP contribution in [0.2, 0.25) is 0 Å². The van der Waals surface area contributed by atoms with Crippen LogP contribution in [0.15, 0.2) is 60.7 Å². The van der Waals surface area contributed by atoms with Gasteiger partial charge in [-0.2, -0.15) is 11.8 Å². The van der Waals surface area contributed by atoms with Crippen LogP contribution in [0.4, 0.5) is 0 Å². The van der Waals surface area contributed by atoms with Crippen molar-refractivity contribution in [1.29, 1.82) is 0 Å². The first-order valence-corrected chi connectivity index (χ1v) is 9.04. The molecule has 0 saturated carbocycles. The topological polar surface area (TPSA) is 9.23 Å². The van der Waals surface area contributed by atoms with Gasteiger partial charge in [0.2, 0.25) is 0 Å². The van der Waals surface area contributed by atoms with Crippen LogP contribution in [-0.2, 0) is 4.74 Å². The van der Waals surface area contributed by atoms with Crippen molar-refractivity contribution in [2.75, 3.05) is 12.9 Å². The zero-order chi connectivity index (χ0) is 16.0. The SMILES string of the molecule is CS[C@H](c1ccccc1)[C@H](OCC(C)(C)C)c1ccccc1. The molecule has 0 heterocycles. The molecule has 0 unspecified atom stereocenters. The van der Waals surface area contributed by atoms with Gasteiger partial charge >= 0.3 is 0 Å². The molecule has 0 saturated heterocycles. The van der Waals surface area contributed by atoms with E-state index in [0.29, 0.717) is 5.25 Å². The molecule has 2 aromatic rings. The zero-order valence-electron chi connectivity index (χ0n) is 14.0. The molecular weight excluding hydrogens is 288 g/mol. The Labute approximate surface area is 139 Å². The molecule has 0 aliphatic heterocycles. The Morgan fingerprint density at radius 1 is 0.864 bits per heavy atom. The molecule has 2 heteroatoms. The van der Waals surface area contributed by atoms with Gasteiger partial charge in [-0.1, -0.05) is 81.4 Å². The van der Waals surface area contributed by atoms with E-state index < -0.39 is 0 Å². The van der Waals surface area contributed by atoms with Crippen molar-refractivity contribution in [1.82, 2.24) is 0 Å². The average Bonchev–Trinajstić information content (AvgIpc) is 2.52. The lowest BCUT2D eigenvalue weighted by Gasteiger charge is -2.30. The molecule has 0 radical (unpaired) electrons. The number of ether oxygens (including phenoxy) is 1. The van der Waals surface area contributed by atoms with Crippen molar-refractivity contribution in [2.24, 2.45) is 5.41 Å². The number of rotatable bonds is 6. The maximum absolute atomic E-state index is 6.38. The molecule has 0 aliphatic carbocycles. The van der Waals surface area contributed by atoms with E-state index in [4.69, 9.17) is 4.74 Å².